The third-order valence-corrected chi connectivity index (χ3v) is 4.43. The van der Waals surface area contributed by atoms with Gasteiger partial charge in [0.05, 0.1) is 5.69 Å². The molecule has 0 aliphatic rings. The van der Waals surface area contributed by atoms with E-state index in [2.05, 4.69) is 28.6 Å². The highest BCUT2D eigenvalue weighted by Gasteiger charge is 2.19. The van der Waals surface area contributed by atoms with Gasteiger partial charge in [0.1, 0.15) is 0 Å². The minimum Gasteiger partial charge on any atom is -0.451 e. The normalized spacial score (nSPS) is 10.5. The lowest BCUT2D eigenvalue weighted by Gasteiger charge is -2.17. The van der Waals surface area contributed by atoms with E-state index in [9.17, 15) is 9.59 Å². The summed E-state index contributed by atoms with van der Waals surface area (Å²) in [4.78, 5) is 26.0. The Bertz CT molecular complexity index is 697. The van der Waals surface area contributed by atoms with Gasteiger partial charge in [0, 0.05) is 13.6 Å². The van der Waals surface area contributed by atoms with E-state index in [0.717, 1.165) is 23.5 Å². The van der Waals surface area contributed by atoms with Gasteiger partial charge in [-0.2, -0.15) is 0 Å². The number of aryl methyl sites for hydroxylation is 2. The maximum absolute atomic E-state index is 12.1. The number of aromatic nitrogens is 2. The van der Waals surface area contributed by atoms with Crippen molar-refractivity contribution in [1.82, 2.24) is 14.5 Å². The SMILES string of the molecule is CCc1ccc(CN(C)C(=O)COC(=O)c2snnc2CC)cc1. The number of hydrogen-bond acceptors (Lipinski definition) is 6. The van der Waals surface area contributed by atoms with Crippen LogP contribution in [0.5, 0.6) is 0 Å². The summed E-state index contributed by atoms with van der Waals surface area (Å²) >= 11 is 0.988. The van der Waals surface area contributed by atoms with E-state index in [4.69, 9.17) is 4.74 Å². The van der Waals surface area contributed by atoms with Gasteiger partial charge in [0.15, 0.2) is 11.5 Å². The predicted molar refractivity (Wildman–Crippen MR) is 91.9 cm³/mol. The Morgan fingerprint density at radius 3 is 2.42 bits per heavy atom. The maximum Gasteiger partial charge on any atom is 0.352 e. The van der Waals surface area contributed by atoms with Crippen LogP contribution in [0.2, 0.25) is 0 Å². The Hall–Kier alpha value is -2.28. The fourth-order valence-corrected chi connectivity index (χ4v) is 2.79. The molecule has 0 saturated heterocycles. The van der Waals surface area contributed by atoms with E-state index >= 15 is 0 Å². The lowest BCUT2D eigenvalue weighted by Crippen LogP contribution is -2.30. The highest BCUT2D eigenvalue weighted by atomic mass is 32.1. The molecule has 0 atom stereocenters. The van der Waals surface area contributed by atoms with Crippen molar-refractivity contribution in [2.24, 2.45) is 0 Å². The van der Waals surface area contributed by atoms with Crippen LogP contribution in [0, 0.1) is 0 Å². The summed E-state index contributed by atoms with van der Waals surface area (Å²) in [6, 6.07) is 8.11. The number of hydrogen-bond donors (Lipinski definition) is 0. The molecule has 0 N–H and O–H groups in total. The molecule has 6 nitrogen and oxygen atoms in total. The molecule has 0 fully saturated rings. The monoisotopic (exact) mass is 347 g/mol. The van der Waals surface area contributed by atoms with Crippen molar-refractivity contribution < 1.29 is 14.3 Å². The molecule has 2 rings (SSSR count). The molecule has 0 saturated carbocycles. The number of carbonyl (C=O) groups is 2. The summed E-state index contributed by atoms with van der Waals surface area (Å²) in [5.74, 6) is -0.797. The molecule has 1 heterocycles. The molecule has 0 unspecified atom stereocenters. The number of amides is 1. The number of nitrogens with zero attached hydrogens (tertiary/aromatic N) is 3. The minimum absolute atomic E-state index is 0.251. The molecule has 1 aromatic carbocycles. The smallest absolute Gasteiger partial charge is 0.352 e. The second kappa shape index (κ2) is 8.54. The molecule has 0 radical (unpaired) electrons. The van der Waals surface area contributed by atoms with E-state index < -0.39 is 5.97 Å². The average Bonchev–Trinajstić information content (AvgIpc) is 3.08. The van der Waals surface area contributed by atoms with E-state index in [-0.39, 0.29) is 12.5 Å². The first-order chi connectivity index (χ1) is 11.5. The number of rotatable bonds is 7. The molecule has 0 aliphatic heterocycles. The molecule has 24 heavy (non-hydrogen) atoms. The fourth-order valence-electron chi connectivity index (χ4n) is 2.14. The number of carbonyl (C=O) groups excluding carboxylic acids is 2. The number of esters is 1. The molecule has 2 aromatic rings. The van der Waals surface area contributed by atoms with Gasteiger partial charge in [0.2, 0.25) is 0 Å². The standard InChI is InChI=1S/C17H21N3O3S/c1-4-12-6-8-13(9-7-12)10-20(3)15(21)11-23-17(22)16-14(5-2)18-19-24-16/h6-9H,4-5,10-11H2,1-3H3. The molecular formula is C17H21N3O3S. The minimum atomic E-state index is -0.545. The second-order valence-electron chi connectivity index (χ2n) is 5.40. The van der Waals surface area contributed by atoms with Crippen molar-refractivity contribution in [3.63, 3.8) is 0 Å². The molecular weight excluding hydrogens is 326 g/mol. The maximum atomic E-state index is 12.1. The van der Waals surface area contributed by atoms with Crippen LogP contribution < -0.4 is 0 Å². The Kier molecular flexibility index (Phi) is 6.43. The number of benzene rings is 1. The van der Waals surface area contributed by atoms with E-state index in [0.29, 0.717) is 23.5 Å². The zero-order valence-electron chi connectivity index (χ0n) is 14.1. The molecule has 7 heteroatoms. The summed E-state index contributed by atoms with van der Waals surface area (Å²) < 4.78 is 8.83. The first kappa shape index (κ1) is 18.1. The van der Waals surface area contributed by atoms with Crippen molar-refractivity contribution >= 4 is 23.4 Å². The Balaban J connectivity index is 1.86. The summed E-state index contributed by atoms with van der Waals surface area (Å²) in [5, 5.41) is 3.86. The first-order valence-electron chi connectivity index (χ1n) is 7.85. The number of ether oxygens (including phenoxy) is 1. The van der Waals surface area contributed by atoms with Gasteiger partial charge in [0.25, 0.3) is 5.91 Å². The zero-order chi connectivity index (χ0) is 17.5. The van der Waals surface area contributed by atoms with E-state index in [1.807, 2.05) is 19.1 Å². The Labute approximate surface area is 145 Å². The Morgan fingerprint density at radius 2 is 1.79 bits per heavy atom. The largest absolute Gasteiger partial charge is 0.451 e. The first-order valence-corrected chi connectivity index (χ1v) is 8.62. The van der Waals surface area contributed by atoms with E-state index in [1.54, 1.807) is 11.9 Å². The predicted octanol–water partition coefficient (Wildman–Crippen LogP) is 2.48. The summed E-state index contributed by atoms with van der Waals surface area (Å²) in [6.45, 7) is 4.17. The van der Waals surface area contributed by atoms with Crippen molar-refractivity contribution in [2.45, 2.75) is 33.2 Å². The van der Waals surface area contributed by atoms with Crippen LogP contribution in [-0.4, -0.2) is 40.0 Å². The van der Waals surface area contributed by atoms with Gasteiger partial charge in [-0.1, -0.05) is 42.6 Å². The summed E-state index contributed by atoms with van der Waals surface area (Å²) in [6.07, 6.45) is 1.58. The molecule has 1 amide bonds. The molecule has 0 aliphatic carbocycles. The van der Waals surface area contributed by atoms with Crippen LogP contribution in [0.1, 0.15) is 40.3 Å². The van der Waals surface area contributed by atoms with Gasteiger partial charge in [-0.25, -0.2) is 4.79 Å². The van der Waals surface area contributed by atoms with Crippen LogP contribution >= 0.6 is 11.5 Å². The lowest BCUT2D eigenvalue weighted by molar-refractivity contribution is -0.133. The van der Waals surface area contributed by atoms with Crippen LogP contribution in [0.3, 0.4) is 0 Å². The van der Waals surface area contributed by atoms with Crippen LogP contribution in [-0.2, 0) is 28.9 Å². The molecule has 0 bridgehead atoms. The fraction of sp³-hybridized carbons (Fsp3) is 0.412. The van der Waals surface area contributed by atoms with Crippen molar-refractivity contribution in [2.75, 3.05) is 13.7 Å². The number of likely N-dealkylation sites (N-methyl/N-ethyl adjacent to an activating group) is 1. The van der Waals surface area contributed by atoms with Gasteiger partial charge < -0.3 is 9.64 Å². The molecule has 1 aromatic heterocycles. The van der Waals surface area contributed by atoms with Gasteiger partial charge in [-0.05, 0) is 35.5 Å². The van der Waals surface area contributed by atoms with Crippen LogP contribution in [0.15, 0.2) is 24.3 Å². The van der Waals surface area contributed by atoms with Crippen molar-refractivity contribution in [3.8, 4) is 0 Å². The van der Waals surface area contributed by atoms with Crippen molar-refractivity contribution in [1.29, 1.82) is 0 Å². The summed E-state index contributed by atoms with van der Waals surface area (Å²) in [5.41, 5.74) is 2.89. The highest BCUT2D eigenvalue weighted by molar-refractivity contribution is 7.07. The van der Waals surface area contributed by atoms with Crippen LogP contribution in [0.25, 0.3) is 0 Å². The highest BCUT2D eigenvalue weighted by Crippen LogP contribution is 2.13. The molecule has 0 spiro atoms. The topological polar surface area (TPSA) is 72.4 Å². The zero-order valence-corrected chi connectivity index (χ0v) is 14.9. The summed E-state index contributed by atoms with van der Waals surface area (Å²) in [7, 11) is 1.69. The van der Waals surface area contributed by atoms with Crippen molar-refractivity contribution in [3.05, 3.63) is 46.0 Å². The van der Waals surface area contributed by atoms with Crippen LogP contribution in [0.4, 0.5) is 0 Å². The Morgan fingerprint density at radius 1 is 1.12 bits per heavy atom. The lowest BCUT2D eigenvalue weighted by atomic mass is 10.1. The third-order valence-electron chi connectivity index (χ3n) is 3.68. The van der Waals surface area contributed by atoms with Gasteiger partial charge in [-0.15, -0.1) is 5.10 Å². The quantitative estimate of drug-likeness (QED) is 0.720. The van der Waals surface area contributed by atoms with Gasteiger partial charge in [-0.3, -0.25) is 4.79 Å². The second-order valence-corrected chi connectivity index (χ2v) is 6.15. The van der Waals surface area contributed by atoms with E-state index in [1.165, 1.54) is 5.56 Å². The van der Waals surface area contributed by atoms with Gasteiger partial charge >= 0.3 is 5.97 Å². The average molecular weight is 347 g/mol. The molecule has 128 valence electrons. The third kappa shape index (κ3) is 4.61.